The van der Waals surface area contributed by atoms with Gasteiger partial charge in [0.2, 0.25) is 0 Å². The van der Waals surface area contributed by atoms with Crippen molar-refractivity contribution in [1.82, 2.24) is 10.3 Å². The van der Waals surface area contributed by atoms with Crippen LogP contribution in [0.15, 0.2) is 66.3 Å². The Hall–Kier alpha value is -2.33. The lowest BCUT2D eigenvalue weighted by Gasteiger charge is -2.14. The standard InChI is InChI=1S/C19H25N3O/c1-15(12-22-18-7-5-3-4-6-8-18)9-17(20)14-23-19-10-16(2)11-21-13-19/h3-5,7-8,10-13,17,22H,6,9,14,20H2,1-2H3/b15-12+. The normalized spacial score (nSPS) is 15.8. The molecule has 1 heterocycles. The lowest BCUT2D eigenvalue weighted by molar-refractivity contribution is 0.286. The summed E-state index contributed by atoms with van der Waals surface area (Å²) in [4.78, 5) is 4.11. The molecular weight excluding hydrogens is 286 g/mol. The van der Waals surface area contributed by atoms with Crippen molar-refractivity contribution in [3.8, 4) is 5.75 Å². The van der Waals surface area contributed by atoms with Crippen molar-refractivity contribution in [1.29, 1.82) is 0 Å². The first-order valence-corrected chi connectivity index (χ1v) is 7.89. The van der Waals surface area contributed by atoms with Gasteiger partial charge in [0, 0.05) is 17.9 Å². The van der Waals surface area contributed by atoms with Gasteiger partial charge in [-0.1, -0.05) is 29.9 Å². The van der Waals surface area contributed by atoms with E-state index in [2.05, 4.69) is 41.5 Å². The van der Waals surface area contributed by atoms with Gasteiger partial charge >= 0.3 is 0 Å². The van der Waals surface area contributed by atoms with Gasteiger partial charge in [-0.05, 0) is 50.6 Å². The van der Waals surface area contributed by atoms with Crippen molar-refractivity contribution < 1.29 is 4.74 Å². The smallest absolute Gasteiger partial charge is 0.137 e. The van der Waals surface area contributed by atoms with Crippen LogP contribution < -0.4 is 15.8 Å². The highest BCUT2D eigenvalue weighted by molar-refractivity contribution is 5.26. The first-order valence-electron chi connectivity index (χ1n) is 7.89. The molecule has 0 radical (unpaired) electrons. The van der Waals surface area contributed by atoms with Gasteiger partial charge in [0.25, 0.3) is 0 Å². The summed E-state index contributed by atoms with van der Waals surface area (Å²) in [7, 11) is 0. The highest BCUT2D eigenvalue weighted by Gasteiger charge is 2.05. The number of nitrogens with zero attached hydrogens (tertiary/aromatic N) is 1. The van der Waals surface area contributed by atoms with E-state index in [4.69, 9.17) is 10.5 Å². The maximum atomic E-state index is 6.14. The van der Waals surface area contributed by atoms with E-state index in [1.54, 1.807) is 12.4 Å². The molecule has 1 aromatic rings. The third kappa shape index (κ3) is 6.53. The highest BCUT2D eigenvalue weighted by atomic mass is 16.5. The van der Waals surface area contributed by atoms with Crippen LogP contribution in [0.4, 0.5) is 0 Å². The van der Waals surface area contributed by atoms with Crippen LogP contribution in [0.5, 0.6) is 5.75 Å². The number of hydrogen-bond acceptors (Lipinski definition) is 4. The molecule has 23 heavy (non-hydrogen) atoms. The fraction of sp³-hybridized carbons (Fsp3) is 0.316. The summed E-state index contributed by atoms with van der Waals surface area (Å²) in [5.74, 6) is 0.765. The molecule has 0 saturated carbocycles. The Morgan fingerprint density at radius 2 is 2.30 bits per heavy atom. The number of aryl methyl sites for hydroxylation is 1. The summed E-state index contributed by atoms with van der Waals surface area (Å²) in [5.41, 5.74) is 9.51. The molecule has 1 aliphatic rings. The molecule has 1 atom stereocenters. The van der Waals surface area contributed by atoms with Crippen LogP contribution in [0.1, 0.15) is 25.3 Å². The number of hydrogen-bond donors (Lipinski definition) is 2. The lowest BCUT2D eigenvalue weighted by atomic mass is 10.1. The Balaban J connectivity index is 1.76. The van der Waals surface area contributed by atoms with E-state index < -0.39 is 0 Å². The monoisotopic (exact) mass is 311 g/mol. The molecule has 0 amide bonds. The van der Waals surface area contributed by atoms with Crippen LogP contribution in [0.2, 0.25) is 0 Å². The number of nitrogens with one attached hydrogen (secondary N) is 1. The minimum absolute atomic E-state index is 0.0473. The molecule has 0 aliphatic heterocycles. The van der Waals surface area contributed by atoms with Gasteiger partial charge in [-0.2, -0.15) is 0 Å². The van der Waals surface area contributed by atoms with Crippen molar-refractivity contribution in [3.05, 3.63) is 71.9 Å². The summed E-state index contributed by atoms with van der Waals surface area (Å²) in [5, 5.41) is 3.31. The number of rotatable bonds is 7. The Labute approximate surface area is 138 Å². The van der Waals surface area contributed by atoms with Crippen molar-refractivity contribution in [2.24, 2.45) is 5.73 Å². The fourth-order valence-corrected chi connectivity index (χ4v) is 2.23. The van der Waals surface area contributed by atoms with Crippen LogP contribution in [-0.4, -0.2) is 17.6 Å². The molecule has 4 nitrogen and oxygen atoms in total. The molecule has 3 N–H and O–H groups in total. The van der Waals surface area contributed by atoms with Crippen LogP contribution in [0.3, 0.4) is 0 Å². The van der Waals surface area contributed by atoms with Crippen molar-refractivity contribution >= 4 is 0 Å². The van der Waals surface area contributed by atoms with Gasteiger partial charge in [0.1, 0.15) is 12.4 Å². The zero-order valence-electron chi connectivity index (χ0n) is 13.8. The van der Waals surface area contributed by atoms with Gasteiger partial charge in [-0.25, -0.2) is 0 Å². The van der Waals surface area contributed by atoms with Gasteiger partial charge in [-0.3, -0.25) is 4.98 Å². The number of ether oxygens (including phenoxy) is 1. The molecule has 0 saturated heterocycles. The number of nitrogens with two attached hydrogens (primary N) is 1. The van der Waals surface area contributed by atoms with Crippen LogP contribution in [-0.2, 0) is 0 Å². The number of allylic oxidation sites excluding steroid dienone is 5. The summed E-state index contributed by atoms with van der Waals surface area (Å²) in [6, 6.07) is 1.91. The molecule has 122 valence electrons. The Morgan fingerprint density at radius 1 is 1.43 bits per heavy atom. The maximum Gasteiger partial charge on any atom is 0.137 e. The molecular formula is C19H25N3O. The molecule has 1 unspecified atom stereocenters. The number of pyridine rings is 1. The second kappa shape index (κ2) is 8.96. The second-order valence-electron chi connectivity index (χ2n) is 5.79. The molecule has 2 rings (SSSR count). The third-order valence-corrected chi connectivity index (χ3v) is 3.38. The van der Waals surface area contributed by atoms with E-state index in [0.29, 0.717) is 6.61 Å². The molecule has 1 aromatic heterocycles. The fourth-order valence-electron chi connectivity index (χ4n) is 2.23. The average Bonchev–Trinajstić information content (AvgIpc) is 2.80. The minimum atomic E-state index is -0.0473. The van der Waals surface area contributed by atoms with Gasteiger partial charge in [0.15, 0.2) is 0 Å². The zero-order chi connectivity index (χ0) is 16.5. The van der Waals surface area contributed by atoms with Crippen LogP contribution in [0, 0.1) is 6.92 Å². The molecule has 0 bridgehead atoms. The largest absolute Gasteiger partial charge is 0.490 e. The van der Waals surface area contributed by atoms with Gasteiger partial charge in [0.05, 0.1) is 6.20 Å². The third-order valence-electron chi connectivity index (χ3n) is 3.38. The Morgan fingerprint density at radius 3 is 3.13 bits per heavy atom. The van der Waals surface area contributed by atoms with Crippen LogP contribution in [0.25, 0.3) is 0 Å². The summed E-state index contributed by atoms with van der Waals surface area (Å²) in [6.45, 7) is 4.54. The zero-order valence-corrected chi connectivity index (χ0v) is 13.8. The van der Waals surface area contributed by atoms with Crippen molar-refractivity contribution in [2.45, 2.75) is 32.7 Å². The predicted octanol–water partition coefficient (Wildman–Crippen LogP) is 3.38. The molecule has 0 spiro atoms. The van der Waals surface area contributed by atoms with E-state index in [0.717, 1.165) is 29.9 Å². The van der Waals surface area contributed by atoms with E-state index in [1.807, 2.05) is 25.3 Å². The Kier molecular flexibility index (Phi) is 6.63. The quantitative estimate of drug-likeness (QED) is 0.810. The van der Waals surface area contributed by atoms with Gasteiger partial charge in [-0.15, -0.1) is 0 Å². The summed E-state index contributed by atoms with van der Waals surface area (Å²) >= 11 is 0. The first-order chi connectivity index (χ1) is 11.1. The number of aromatic nitrogens is 1. The predicted molar refractivity (Wildman–Crippen MR) is 94.9 cm³/mol. The summed E-state index contributed by atoms with van der Waals surface area (Å²) in [6.07, 6.45) is 17.7. The van der Waals surface area contributed by atoms with Gasteiger partial charge < -0.3 is 15.8 Å². The highest BCUT2D eigenvalue weighted by Crippen LogP contribution is 2.11. The topological polar surface area (TPSA) is 60.2 Å². The van der Waals surface area contributed by atoms with E-state index in [9.17, 15) is 0 Å². The van der Waals surface area contributed by atoms with E-state index in [-0.39, 0.29) is 6.04 Å². The van der Waals surface area contributed by atoms with E-state index in [1.165, 1.54) is 5.57 Å². The summed E-state index contributed by atoms with van der Waals surface area (Å²) < 4.78 is 5.69. The van der Waals surface area contributed by atoms with Crippen LogP contribution >= 0.6 is 0 Å². The second-order valence-corrected chi connectivity index (χ2v) is 5.79. The van der Waals surface area contributed by atoms with E-state index >= 15 is 0 Å². The molecule has 0 fully saturated rings. The maximum absolute atomic E-state index is 6.14. The minimum Gasteiger partial charge on any atom is -0.490 e. The van der Waals surface area contributed by atoms with Crippen molar-refractivity contribution in [3.63, 3.8) is 0 Å². The molecule has 1 aliphatic carbocycles. The van der Waals surface area contributed by atoms with Crippen molar-refractivity contribution in [2.75, 3.05) is 6.61 Å². The Bertz CT molecular complexity index is 629. The molecule has 4 heteroatoms. The lowest BCUT2D eigenvalue weighted by Crippen LogP contribution is -2.28. The average molecular weight is 311 g/mol. The first kappa shape index (κ1) is 17.0. The molecule has 0 aromatic carbocycles. The SMILES string of the molecule is C/C(=C\NC1=CCC=CC=C1)CC(N)COc1cncc(C)c1.